The largest absolute Gasteiger partial charge is 0.383 e. The minimum absolute atomic E-state index is 0.201. The molecule has 0 bridgehead atoms. The highest BCUT2D eigenvalue weighted by Gasteiger charge is 2.01. The van der Waals surface area contributed by atoms with Crippen LogP contribution in [0.5, 0.6) is 0 Å². The lowest BCUT2D eigenvalue weighted by Crippen LogP contribution is -2.39. The normalized spacial score (nSPS) is 11.8. The minimum atomic E-state index is -0.201. The number of likely N-dealkylation sites (N-methyl/N-ethyl adjacent to an activating group) is 1. The summed E-state index contributed by atoms with van der Waals surface area (Å²) in [5.74, 6) is 0.600. The van der Waals surface area contributed by atoms with Crippen LogP contribution in [-0.2, 0) is 11.3 Å². The summed E-state index contributed by atoms with van der Waals surface area (Å²) < 4.78 is 17.9. The summed E-state index contributed by atoms with van der Waals surface area (Å²) in [7, 11) is 3.71. The first kappa shape index (κ1) is 18.4. The first-order valence-corrected chi connectivity index (χ1v) is 7.59. The lowest BCUT2D eigenvalue weighted by Gasteiger charge is -2.16. The number of guanidine groups is 1. The first-order chi connectivity index (χ1) is 10.7. The molecule has 124 valence electrons. The molecule has 0 amide bonds. The van der Waals surface area contributed by atoms with Crippen molar-refractivity contribution < 1.29 is 9.13 Å². The Morgan fingerprint density at radius 2 is 2.00 bits per heavy atom. The molecule has 0 saturated carbocycles. The van der Waals surface area contributed by atoms with Crippen molar-refractivity contribution in [3.63, 3.8) is 0 Å². The molecule has 0 aromatic heterocycles. The minimum Gasteiger partial charge on any atom is -0.383 e. The zero-order chi connectivity index (χ0) is 16.2. The average Bonchev–Trinajstić information content (AvgIpc) is 2.50. The third kappa shape index (κ3) is 7.95. The highest BCUT2D eigenvalue weighted by atomic mass is 19.1. The summed E-state index contributed by atoms with van der Waals surface area (Å²) in [6.45, 7) is 6.54. The summed E-state index contributed by atoms with van der Waals surface area (Å²) in [6, 6.07) is 6.60. The van der Waals surface area contributed by atoms with Crippen molar-refractivity contribution in [3.8, 4) is 0 Å². The monoisotopic (exact) mass is 310 g/mol. The molecule has 0 aliphatic heterocycles. The summed E-state index contributed by atoms with van der Waals surface area (Å²) in [6.07, 6.45) is 0. The van der Waals surface area contributed by atoms with Gasteiger partial charge in [0.1, 0.15) is 5.82 Å². The van der Waals surface area contributed by atoms with Gasteiger partial charge < -0.3 is 20.3 Å². The van der Waals surface area contributed by atoms with Crippen molar-refractivity contribution in [2.24, 2.45) is 4.99 Å². The maximum atomic E-state index is 12.9. The van der Waals surface area contributed by atoms with Gasteiger partial charge >= 0.3 is 0 Å². The van der Waals surface area contributed by atoms with E-state index in [1.807, 2.05) is 26.1 Å². The molecule has 0 atom stereocenters. The number of hydrogen-bond donors (Lipinski definition) is 2. The molecule has 2 N–H and O–H groups in total. The molecule has 0 spiro atoms. The Kier molecular flexibility index (Phi) is 9.18. The number of aliphatic imine (C=N–C) groups is 1. The summed E-state index contributed by atoms with van der Waals surface area (Å²) in [4.78, 5) is 6.68. The second-order valence-corrected chi connectivity index (χ2v) is 5.04. The zero-order valence-corrected chi connectivity index (χ0v) is 13.7. The standard InChI is InChI=1S/C16H27FN4O/c1-4-18-16(20-10-12-22-3)19-9-11-21(2)13-14-5-7-15(17)8-6-14/h5-8H,4,9-13H2,1-3H3,(H2,18,19,20). The van der Waals surface area contributed by atoms with Gasteiger partial charge in [-0.25, -0.2) is 4.39 Å². The van der Waals surface area contributed by atoms with Crippen molar-refractivity contribution in [1.29, 1.82) is 0 Å². The molecule has 1 aromatic carbocycles. The van der Waals surface area contributed by atoms with E-state index < -0.39 is 0 Å². The number of ether oxygens (including phenoxy) is 1. The molecule has 0 unspecified atom stereocenters. The van der Waals surface area contributed by atoms with E-state index in [4.69, 9.17) is 4.74 Å². The van der Waals surface area contributed by atoms with Gasteiger partial charge in [0.15, 0.2) is 5.96 Å². The Balaban J connectivity index is 2.34. The van der Waals surface area contributed by atoms with E-state index in [9.17, 15) is 4.39 Å². The molecular formula is C16H27FN4O. The van der Waals surface area contributed by atoms with E-state index >= 15 is 0 Å². The van der Waals surface area contributed by atoms with Crippen LogP contribution in [0.4, 0.5) is 4.39 Å². The summed E-state index contributed by atoms with van der Waals surface area (Å²) in [5, 5.41) is 6.40. The van der Waals surface area contributed by atoms with Gasteiger partial charge in [0, 0.05) is 33.3 Å². The van der Waals surface area contributed by atoms with Crippen molar-refractivity contribution in [2.75, 3.05) is 46.9 Å². The lowest BCUT2D eigenvalue weighted by molar-refractivity contribution is 0.203. The Hall–Kier alpha value is -1.66. The van der Waals surface area contributed by atoms with Crippen molar-refractivity contribution in [2.45, 2.75) is 13.5 Å². The van der Waals surface area contributed by atoms with E-state index in [-0.39, 0.29) is 5.82 Å². The van der Waals surface area contributed by atoms with Crippen LogP contribution < -0.4 is 10.6 Å². The van der Waals surface area contributed by atoms with Gasteiger partial charge in [0.05, 0.1) is 13.2 Å². The molecule has 1 rings (SSSR count). The van der Waals surface area contributed by atoms with Crippen molar-refractivity contribution in [3.05, 3.63) is 35.6 Å². The third-order valence-electron chi connectivity index (χ3n) is 3.06. The molecule has 0 fully saturated rings. The molecule has 22 heavy (non-hydrogen) atoms. The van der Waals surface area contributed by atoms with Crippen LogP contribution in [0.1, 0.15) is 12.5 Å². The second-order valence-electron chi connectivity index (χ2n) is 5.04. The predicted octanol–water partition coefficient (Wildman–Crippen LogP) is 1.46. The number of hydrogen-bond acceptors (Lipinski definition) is 3. The van der Waals surface area contributed by atoms with Crippen molar-refractivity contribution in [1.82, 2.24) is 15.5 Å². The fourth-order valence-corrected chi connectivity index (χ4v) is 1.93. The molecule has 0 aliphatic carbocycles. The number of halogens is 1. The number of nitrogens with one attached hydrogen (secondary N) is 2. The average molecular weight is 310 g/mol. The molecule has 0 radical (unpaired) electrons. The van der Waals surface area contributed by atoms with E-state index in [2.05, 4.69) is 20.5 Å². The van der Waals surface area contributed by atoms with Crippen LogP contribution in [0.15, 0.2) is 29.3 Å². The SMILES string of the molecule is CCNC(=NCCN(C)Cc1ccc(F)cc1)NCCOC. The van der Waals surface area contributed by atoms with E-state index in [1.54, 1.807) is 7.11 Å². The highest BCUT2D eigenvalue weighted by Crippen LogP contribution is 2.05. The highest BCUT2D eigenvalue weighted by molar-refractivity contribution is 5.79. The quantitative estimate of drug-likeness (QED) is 0.412. The van der Waals surface area contributed by atoms with Gasteiger partial charge in [0.2, 0.25) is 0 Å². The maximum Gasteiger partial charge on any atom is 0.191 e. The van der Waals surface area contributed by atoms with Crippen LogP contribution in [0.2, 0.25) is 0 Å². The number of methoxy groups -OCH3 is 1. The smallest absolute Gasteiger partial charge is 0.191 e. The van der Waals surface area contributed by atoms with Gasteiger partial charge in [0.25, 0.3) is 0 Å². The van der Waals surface area contributed by atoms with Gasteiger partial charge in [-0.15, -0.1) is 0 Å². The third-order valence-corrected chi connectivity index (χ3v) is 3.06. The zero-order valence-electron chi connectivity index (χ0n) is 13.7. The fourth-order valence-electron chi connectivity index (χ4n) is 1.93. The fraction of sp³-hybridized carbons (Fsp3) is 0.562. The Bertz CT molecular complexity index is 436. The summed E-state index contributed by atoms with van der Waals surface area (Å²) in [5.41, 5.74) is 1.10. The predicted molar refractivity (Wildman–Crippen MR) is 88.6 cm³/mol. The molecule has 0 aliphatic rings. The Morgan fingerprint density at radius 3 is 2.64 bits per heavy atom. The molecular weight excluding hydrogens is 283 g/mol. The van der Waals surface area contributed by atoms with E-state index in [1.165, 1.54) is 12.1 Å². The molecule has 0 heterocycles. The molecule has 5 nitrogen and oxygen atoms in total. The molecule has 0 saturated heterocycles. The number of rotatable bonds is 9. The topological polar surface area (TPSA) is 48.9 Å². The summed E-state index contributed by atoms with van der Waals surface area (Å²) >= 11 is 0. The van der Waals surface area contributed by atoms with Crippen LogP contribution in [-0.4, -0.2) is 57.8 Å². The van der Waals surface area contributed by atoms with E-state index in [0.29, 0.717) is 13.2 Å². The Labute approximate surface area is 132 Å². The van der Waals surface area contributed by atoms with Crippen molar-refractivity contribution >= 4 is 5.96 Å². The molecule has 6 heteroatoms. The molecule has 1 aromatic rings. The number of benzene rings is 1. The lowest BCUT2D eigenvalue weighted by atomic mass is 10.2. The van der Waals surface area contributed by atoms with Gasteiger partial charge in [-0.3, -0.25) is 4.99 Å². The van der Waals surface area contributed by atoms with Crippen LogP contribution in [0, 0.1) is 5.82 Å². The first-order valence-electron chi connectivity index (χ1n) is 7.59. The van der Waals surface area contributed by atoms with Crippen LogP contribution >= 0.6 is 0 Å². The Morgan fingerprint density at radius 1 is 1.27 bits per heavy atom. The van der Waals surface area contributed by atoms with Crippen LogP contribution in [0.3, 0.4) is 0 Å². The van der Waals surface area contributed by atoms with Crippen LogP contribution in [0.25, 0.3) is 0 Å². The van der Waals surface area contributed by atoms with E-state index in [0.717, 1.165) is 37.7 Å². The number of nitrogens with zero attached hydrogens (tertiary/aromatic N) is 2. The van der Waals surface area contributed by atoms with Gasteiger partial charge in [-0.1, -0.05) is 12.1 Å². The second kappa shape index (κ2) is 11.0. The van der Waals surface area contributed by atoms with Gasteiger partial charge in [-0.05, 0) is 31.7 Å². The van der Waals surface area contributed by atoms with Gasteiger partial charge in [-0.2, -0.15) is 0 Å². The maximum absolute atomic E-state index is 12.9.